The average molecular weight is 390 g/mol. The van der Waals surface area contributed by atoms with E-state index in [1.165, 1.54) is 30.3 Å². The number of carbonyl (C=O) groups is 2. The molecule has 0 fully saturated rings. The fourth-order valence-electron chi connectivity index (χ4n) is 1.59. The molecule has 0 bridgehead atoms. The smallest absolute Gasteiger partial charge is 0.343 e. The van der Waals surface area contributed by atoms with Gasteiger partial charge in [0.05, 0.1) is 5.56 Å². The van der Waals surface area contributed by atoms with Gasteiger partial charge in [-0.3, -0.25) is 0 Å². The Hall–Kier alpha value is -1.56. The molecular weight excluding hydrogens is 383 g/mol. The Kier molecular flexibility index (Phi) is 4.88. The zero-order valence-electron chi connectivity index (χ0n) is 10.3. The minimum absolute atomic E-state index is 0.0632. The molecule has 0 radical (unpaired) electrons. The molecule has 2 aromatic rings. The van der Waals surface area contributed by atoms with Crippen LogP contribution in [0.25, 0.3) is 0 Å². The summed E-state index contributed by atoms with van der Waals surface area (Å²) in [6.07, 6.45) is 0. The number of carboxylic acids is 1. The number of ether oxygens (including phenoxy) is 1. The van der Waals surface area contributed by atoms with Gasteiger partial charge in [-0.25, -0.2) is 9.59 Å². The Morgan fingerprint density at radius 1 is 1.05 bits per heavy atom. The second kappa shape index (κ2) is 6.47. The molecule has 0 aliphatic heterocycles. The van der Waals surface area contributed by atoms with E-state index in [1.807, 2.05) is 0 Å². The lowest BCUT2D eigenvalue weighted by Crippen LogP contribution is -2.11. The summed E-state index contributed by atoms with van der Waals surface area (Å²) in [7, 11) is 0. The summed E-state index contributed by atoms with van der Waals surface area (Å²) >= 11 is 14.8. The van der Waals surface area contributed by atoms with Crippen molar-refractivity contribution in [3.63, 3.8) is 0 Å². The van der Waals surface area contributed by atoms with E-state index in [0.717, 1.165) is 0 Å². The van der Waals surface area contributed by atoms with Crippen molar-refractivity contribution in [2.24, 2.45) is 0 Å². The topological polar surface area (TPSA) is 63.6 Å². The SMILES string of the molecule is O=C(Oc1ccc(Br)cc1C(=O)O)c1cc(Cl)cc(Cl)c1. The third-order valence-corrected chi connectivity index (χ3v) is 3.40. The van der Waals surface area contributed by atoms with Gasteiger partial charge in [0.2, 0.25) is 0 Å². The van der Waals surface area contributed by atoms with Crippen molar-refractivity contribution in [1.82, 2.24) is 0 Å². The van der Waals surface area contributed by atoms with Crippen molar-refractivity contribution in [3.05, 3.63) is 62.0 Å². The van der Waals surface area contributed by atoms with Gasteiger partial charge in [-0.2, -0.15) is 0 Å². The van der Waals surface area contributed by atoms with Gasteiger partial charge in [-0.05, 0) is 36.4 Å². The molecule has 2 rings (SSSR count). The van der Waals surface area contributed by atoms with Crippen molar-refractivity contribution >= 4 is 51.1 Å². The van der Waals surface area contributed by atoms with Crippen LogP contribution in [0.4, 0.5) is 0 Å². The predicted molar refractivity (Wildman–Crippen MR) is 82.5 cm³/mol. The fourth-order valence-corrected chi connectivity index (χ4v) is 2.48. The Morgan fingerprint density at radius 2 is 1.67 bits per heavy atom. The first-order valence-corrected chi connectivity index (χ1v) is 7.13. The highest BCUT2D eigenvalue weighted by Gasteiger charge is 2.17. The molecule has 0 atom stereocenters. The molecule has 21 heavy (non-hydrogen) atoms. The van der Waals surface area contributed by atoms with Crippen LogP contribution in [-0.4, -0.2) is 17.0 Å². The zero-order valence-corrected chi connectivity index (χ0v) is 13.4. The lowest BCUT2D eigenvalue weighted by Gasteiger charge is -2.08. The van der Waals surface area contributed by atoms with Gasteiger partial charge in [0.25, 0.3) is 0 Å². The highest BCUT2D eigenvalue weighted by atomic mass is 79.9. The van der Waals surface area contributed by atoms with E-state index < -0.39 is 11.9 Å². The number of carbonyl (C=O) groups excluding carboxylic acids is 1. The molecule has 0 spiro atoms. The molecule has 4 nitrogen and oxygen atoms in total. The first-order valence-electron chi connectivity index (χ1n) is 5.58. The van der Waals surface area contributed by atoms with Crippen LogP contribution in [0.15, 0.2) is 40.9 Å². The number of hydrogen-bond donors (Lipinski definition) is 1. The average Bonchev–Trinajstić information content (AvgIpc) is 2.39. The number of benzene rings is 2. The molecule has 108 valence electrons. The molecule has 0 unspecified atom stereocenters. The van der Waals surface area contributed by atoms with E-state index in [-0.39, 0.29) is 26.9 Å². The van der Waals surface area contributed by atoms with E-state index in [0.29, 0.717) is 4.47 Å². The normalized spacial score (nSPS) is 10.2. The lowest BCUT2D eigenvalue weighted by molar-refractivity contribution is 0.0681. The summed E-state index contributed by atoms with van der Waals surface area (Å²) in [5.74, 6) is -2.01. The van der Waals surface area contributed by atoms with E-state index >= 15 is 0 Å². The highest BCUT2D eigenvalue weighted by molar-refractivity contribution is 9.10. The van der Waals surface area contributed by atoms with Gasteiger partial charge in [0.1, 0.15) is 11.3 Å². The Bertz CT molecular complexity index is 711. The van der Waals surface area contributed by atoms with Crippen molar-refractivity contribution in [2.75, 3.05) is 0 Å². The van der Waals surface area contributed by atoms with Gasteiger partial charge in [0.15, 0.2) is 0 Å². The van der Waals surface area contributed by atoms with Crippen molar-refractivity contribution < 1.29 is 19.4 Å². The number of halogens is 3. The summed E-state index contributed by atoms with van der Waals surface area (Å²) in [5.41, 5.74) is -0.00222. The summed E-state index contributed by atoms with van der Waals surface area (Å²) in [4.78, 5) is 23.2. The summed E-state index contributed by atoms with van der Waals surface area (Å²) in [6, 6.07) is 8.54. The molecule has 0 saturated carbocycles. The van der Waals surface area contributed by atoms with Gasteiger partial charge in [-0.1, -0.05) is 39.1 Å². The summed E-state index contributed by atoms with van der Waals surface area (Å²) in [5, 5.41) is 9.67. The lowest BCUT2D eigenvalue weighted by atomic mass is 10.2. The van der Waals surface area contributed by atoms with Crippen LogP contribution in [0.3, 0.4) is 0 Å². The minimum Gasteiger partial charge on any atom is -0.478 e. The minimum atomic E-state index is -1.21. The van der Waals surface area contributed by atoms with Crippen LogP contribution in [0.5, 0.6) is 5.75 Å². The maximum atomic E-state index is 12.0. The van der Waals surface area contributed by atoms with Crippen LogP contribution in [0.1, 0.15) is 20.7 Å². The number of hydrogen-bond acceptors (Lipinski definition) is 3. The molecule has 2 aromatic carbocycles. The standard InChI is InChI=1S/C14H7BrCl2O4/c15-8-1-2-12(11(5-8)13(18)19)21-14(20)7-3-9(16)6-10(17)4-7/h1-6H,(H,18,19). The second-order valence-corrected chi connectivity index (χ2v) is 5.78. The van der Waals surface area contributed by atoms with Gasteiger partial charge in [-0.15, -0.1) is 0 Å². The molecule has 1 N–H and O–H groups in total. The van der Waals surface area contributed by atoms with Crippen LogP contribution in [-0.2, 0) is 0 Å². The van der Waals surface area contributed by atoms with Gasteiger partial charge >= 0.3 is 11.9 Å². The molecule has 0 amide bonds. The van der Waals surface area contributed by atoms with Crippen molar-refractivity contribution in [3.8, 4) is 5.75 Å². The van der Waals surface area contributed by atoms with Crippen LogP contribution in [0.2, 0.25) is 10.0 Å². The predicted octanol–water partition coefficient (Wildman–Crippen LogP) is 4.67. The van der Waals surface area contributed by atoms with Crippen LogP contribution in [0, 0.1) is 0 Å². The van der Waals surface area contributed by atoms with E-state index in [9.17, 15) is 9.59 Å². The summed E-state index contributed by atoms with van der Waals surface area (Å²) < 4.78 is 5.66. The third kappa shape index (κ3) is 3.97. The number of rotatable bonds is 3. The molecule has 0 aliphatic carbocycles. The third-order valence-electron chi connectivity index (χ3n) is 2.47. The molecule has 0 saturated heterocycles. The van der Waals surface area contributed by atoms with Crippen molar-refractivity contribution in [2.45, 2.75) is 0 Å². The first-order chi connectivity index (χ1) is 9.86. The Labute approximate surface area is 138 Å². The molecule has 0 aliphatic rings. The maximum Gasteiger partial charge on any atom is 0.343 e. The fraction of sp³-hybridized carbons (Fsp3) is 0. The quantitative estimate of drug-likeness (QED) is 0.611. The highest BCUT2D eigenvalue weighted by Crippen LogP contribution is 2.25. The number of esters is 1. The monoisotopic (exact) mass is 388 g/mol. The summed E-state index contributed by atoms with van der Waals surface area (Å²) in [6.45, 7) is 0. The van der Waals surface area contributed by atoms with E-state index in [2.05, 4.69) is 15.9 Å². The first kappa shape index (κ1) is 15.8. The Balaban J connectivity index is 2.33. The second-order valence-electron chi connectivity index (χ2n) is 3.99. The molecule has 0 heterocycles. The molecule has 7 heteroatoms. The van der Waals surface area contributed by atoms with E-state index in [1.54, 1.807) is 6.07 Å². The molecule has 0 aromatic heterocycles. The van der Waals surface area contributed by atoms with E-state index in [4.69, 9.17) is 33.0 Å². The van der Waals surface area contributed by atoms with Gasteiger partial charge in [0, 0.05) is 14.5 Å². The zero-order chi connectivity index (χ0) is 15.6. The number of carboxylic acid groups (broad SMARTS) is 1. The maximum absolute atomic E-state index is 12.0. The number of aromatic carboxylic acids is 1. The largest absolute Gasteiger partial charge is 0.478 e. The van der Waals surface area contributed by atoms with Crippen molar-refractivity contribution in [1.29, 1.82) is 0 Å². The van der Waals surface area contributed by atoms with Crippen LogP contribution < -0.4 is 4.74 Å². The Morgan fingerprint density at radius 3 is 2.24 bits per heavy atom. The molecular formula is C14H7BrCl2O4. The van der Waals surface area contributed by atoms with Crippen LogP contribution >= 0.6 is 39.1 Å². The van der Waals surface area contributed by atoms with Gasteiger partial charge < -0.3 is 9.84 Å².